The number of nitrogens with zero attached hydrogens (tertiary/aromatic N) is 1. The van der Waals surface area contributed by atoms with Gasteiger partial charge in [0.2, 0.25) is 0 Å². The molecule has 0 fully saturated rings. The molecule has 19 heavy (non-hydrogen) atoms. The van der Waals surface area contributed by atoms with Crippen LogP contribution in [0.4, 0.5) is 0 Å². The Morgan fingerprint density at radius 1 is 1.16 bits per heavy atom. The first-order valence-electron chi connectivity index (χ1n) is 7.45. The predicted octanol–water partition coefficient (Wildman–Crippen LogP) is 4.96. The van der Waals surface area contributed by atoms with Crippen LogP contribution in [0.1, 0.15) is 76.6 Å². The molecular formula is C15H27NO2S. The second kappa shape index (κ2) is 10.3. The number of unbranched alkanes of at least 4 members (excludes halogenated alkanes) is 7. The van der Waals surface area contributed by atoms with Gasteiger partial charge in [0.25, 0.3) is 5.22 Å². The van der Waals surface area contributed by atoms with Crippen LogP contribution in [-0.2, 0) is 0 Å². The summed E-state index contributed by atoms with van der Waals surface area (Å²) < 4.78 is 5.42. The third kappa shape index (κ3) is 7.02. The molecule has 0 aromatic carbocycles. The first-order chi connectivity index (χ1) is 9.27. The highest BCUT2D eigenvalue weighted by atomic mass is 32.2. The lowest BCUT2D eigenvalue weighted by atomic mass is 10.1. The highest BCUT2D eigenvalue weighted by Gasteiger charge is 2.12. The molecule has 1 rings (SSSR count). The van der Waals surface area contributed by atoms with Gasteiger partial charge in [-0.2, -0.15) is 0 Å². The first kappa shape index (κ1) is 16.6. The summed E-state index contributed by atoms with van der Waals surface area (Å²) >= 11 is 1.46. The molecular weight excluding hydrogens is 258 g/mol. The minimum Gasteiger partial charge on any atom is -0.434 e. The molecule has 0 saturated heterocycles. The number of hydrogen-bond donors (Lipinski definition) is 1. The molecule has 0 aliphatic carbocycles. The molecule has 0 saturated carbocycles. The zero-order valence-corrected chi connectivity index (χ0v) is 13.0. The topological polar surface area (TPSA) is 46.3 Å². The molecule has 1 atom stereocenters. The minimum absolute atomic E-state index is 0.492. The van der Waals surface area contributed by atoms with Gasteiger partial charge in [0.1, 0.15) is 6.10 Å². The van der Waals surface area contributed by atoms with Crippen molar-refractivity contribution in [3.63, 3.8) is 0 Å². The van der Waals surface area contributed by atoms with Gasteiger partial charge >= 0.3 is 0 Å². The molecule has 0 amide bonds. The smallest absolute Gasteiger partial charge is 0.255 e. The molecule has 1 N–H and O–H groups in total. The Labute approximate surface area is 121 Å². The molecule has 4 heteroatoms. The number of hydrogen-bond acceptors (Lipinski definition) is 4. The van der Waals surface area contributed by atoms with Crippen LogP contribution in [0, 0.1) is 0 Å². The van der Waals surface area contributed by atoms with Crippen LogP contribution in [0.3, 0.4) is 0 Å². The maximum Gasteiger partial charge on any atom is 0.255 e. The summed E-state index contributed by atoms with van der Waals surface area (Å²) in [7, 11) is 0. The van der Waals surface area contributed by atoms with Gasteiger partial charge in [0.05, 0.1) is 6.20 Å². The van der Waals surface area contributed by atoms with Crippen molar-refractivity contribution in [2.75, 3.05) is 6.26 Å². The Morgan fingerprint density at radius 2 is 1.79 bits per heavy atom. The predicted molar refractivity (Wildman–Crippen MR) is 80.5 cm³/mol. The van der Waals surface area contributed by atoms with Gasteiger partial charge in [-0.3, -0.25) is 0 Å². The minimum atomic E-state index is -0.492. The lowest BCUT2D eigenvalue weighted by Gasteiger charge is -2.06. The van der Waals surface area contributed by atoms with Crippen LogP contribution in [0.5, 0.6) is 0 Å². The molecule has 1 aromatic heterocycles. The molecule has 110 valence electrons. The monoisotopic (exact) mass is 285 g/mol. The fourth-order valence-corrected chi connectivity index (χ4v) is 2.47. The second-order valence-corrected chi connectivity index (χ2v) is 5.77. The SMILES string of the molecule is CCCCCCCCCCC(O)c1cnc(SC)o1. The summed E-state index contributed by atoms with van der Waals surface area (Å²) in [6, 6.07) is 0. The van der Waals surface area contributed by atoms with Crippen molar-refractivity contribution in [2.24, 2.45) is 0 Å². The highest BCUT2D eigenvalue weighted by molar-refractivity contribution is 7.98. The normalized spacial score (nSPS) is 12.8. The average Bonchev–Trinajstić information content (AvgIpc) is 2.90. The molecule has 0 spiro atoms. The van der Waals surface area contributed by atoms with Gasteiger partial charge in [0, 0.05) is 0 Å². The summed E-state index contributed by atoms with van der Waals surface area (Å²) in [5.74, 6) is 0.604. The average molecular weight is 285 g/mol. The van der Waals surface area contributed by atoms with Crippen molar-refractivity contribution >= 4 is 11.8 Å². The van der Waals surface area contributed by atoms with Crippen LogP contribution in [0.15, 0.2) is 15.8 Å². The van der Waals surface area contributed by atoms with Gasteiger partial charge in [-0.15, -0.1) is 0 Å². The summed E-state index contributed by atoms with van der Waals surface area (Å²) in [4.78, 5) is 4.08. The van der Waals surface area contributed by atoms with E-state index in [4.69, 9.17) is 4.42 Å². The fraction of sp³-hybridized carbons (Fsp3) is 0.800. The van der Waals surface area contributed by atoms with E-state index < -0.39 is 6.10 Å². The van der Waals surface area contributed by atoms with Crippen LogP contribution < -0.4 is 0 Å². The third-order valence-corrected chi connectivity index (χ3v) is 3.87. The number of aliphatic hydroxyl groups excluding tert-OH is 1. The zero-order chi connectivity index (χ0) is 13.9. The molecule has 0 bridgehead atoms. The Morgan fingerprint density at radius 3 is 2.37 bits per heavy atom. The number of thioether (sulfide) groups is 1. The van der Waals surface area contributed by atoms with Gasteiger partial charge < -0.3 is 9.52 Å². The van der Waals surface area contributed by atoms with Gasteiger partial charge in [0.15, 0.2) is 5.76 Å². The lowest BCUT2D eigenvalue weighted by molar-refractivity contribution is 0.131. The van der Waals surface area contributed by atoms with E-state index in [0.29, 0.717) is 11.0 Å². The molecule has 3 nitrogen and oxygen atoms in total. The Bertz CT molecular complexity index is 328. The van der Waals surface area contributed by atoms with Gasteiger partial charge in [-0.25, -0.2) is 4.98 Å². The molecule has 1 heterocycles. The van der Waals surface area contributed by atoms with E-state index in [2.05, 4.69) is 11.9 Å². The van der Waals surface area contributed by atoms with E-state index in [1.165, 1.54) is 56.7 Å². The summed E-state index contributed by atoms with van der Waals surface area (Å²) in [6.45, 7) is 2.24. The highest BCUT2D eigenvalue weighted by Crippen LogP contribution is 2.23. The molecule has 0 aliphatic heterocycles. The standard InChI is InChI=1S/C15H27NO2S/c1-3-4-5-6-7-8-9-10-11-13(17)14-12-16-15(18-14)19-2/h12-13,17H,3-11H2,1-2H3. The second-order valence-electron chi connectivity index (χ2n) is 5.01. The number of oxazole rings is 1. The van der Waals surface area contributed by atoms with E-state index in [9.17, 15) is 5.11 Å². The molecule has 1 unspecified atom stereocenters. The maximum atomic E-state index is 9.96. The fourth-order valence-electron chi connectivity index (χ4n) is 2.13. The summed E-state index contributed by atoms with van der Waals surface area (Å²) in [5.41, 5.74) is 0. The lowest BCUT2D eigenvalue weighted by Crippen LogP contribution is -1.95. The van der Waals surface area contributed by atoms with Crippen LogP contribution in [0.2, 0.25) is 0 Å². The van der Waals surface area contributed by atoms with Crippen molar-refractivity contribution in [1.82, 2.24) is 4.98 Å². The largest absolute Gasteiger partial charge is 0.434 e. The number of aromatic nitrogens is 1. The van der Waals surface area contributed by atoms with Crippen LogP contribution in [-0.4, -0.2) is 16.3 Å². The Hall–Kier alpha value is -0.480. The van der Waals surface area contributed by atoms with Gasteiger partial charge in [-0.05, 0) is 12.7 Å². The van der Waals surface area contributed by atoms with Gasteiger partial charge in [-0.1, -0.05) is 70.1 Å². The quantitative estimate of drug-likeness (QED) is 0.461. The van der Waals surface area contributed by atoms with Crippen molar-refractivity contribution < 1.29 is 9.52 Å². The number of aliphatic hydroxyl groups is 1. The van der Waals surface area contributed by atoms with E-state index >= 15 is 0 Å². The van der Waals surface area contributed by atoms with Crippen molar-refractivity contribution in [3.05, 3.63) is 12.0 Å². The van der Waals surface area contributed by atoms with Crippen molar-refractivity contribution in [2.45, 2.75) is 76.0 Å². The van der Waals surface area contributed by atoms with Crippen LogP contribution in [0.25, 0.3) is 0 Å². The van der Waals surface area contributed by atoms with E-state index in [1.807, 2.05) is 6.26 Å². The Balaban J connectivity index is 2.02. The van der Waals surface area contributed by atoms with Crippen LogP contribution >= 0.6 is 11.8 Å². The van der Waals surface area contributed by atoms with E-state index in [0.717, 1.165) is 12.8 Å². The van der Waals surface area contributed by atoms with E-state index in [-0.39, 0.29) is 0 Å². The zero-order valence-electron chi connectivity index (χ0n) is 12.2. The summed E-state index contributed by atoms with van der Waals surface area (Å²) in [5, 5.41) is 10.6. The molecule has 1 aromatic rings. The summed E-state index contributed by atoms with van der Waals surface area (Å²) in [6.07, 6.45) is 14.1. The third-order valence-electron chi connectivity index (χ3n) is 3.34. The maximum absolute atomic E-state index is 9.96. The van der Waals surface area contributed by atoms with Crippen molar-refractivity contribution in [3.8, 4) is 0 Å². The first-order valence-corrected chi connectivity index (χ1v) is 8.68. The Kier molecular flexibility index (Phi) is 9.01. The molecule has 0 radical (unpaired) electrons. The van der Waals surface area contributed by atoms with E-state index in [1.54, 1.807) is 6.20 Å². The molecule has 0 aliphatic rings. The van der Waals surface area contributed by atoms with Crippen molar-refractivity contribution in [1.29, 1.82) is 0 Å². The number of rotatable bonds is 11.